The van der Waals surface area contributed by atoms with Gasteiger partial charge in [0.2, 0.25) is 5.91 Å². The molecule has 1 aliphatic heterocycles. The maximum Gasteiger partial charge on any atom is 0.310 e. The van der Waals surface area contributed by atoms with Crippen LogP contribution in [0.15, 0.2) is 70.5 Å². The Labute approximate surface area is 210 Å². The largest absolute Gasteiger partial charge is 0.461 e. The van der Waals surface area contributed by atoms with Crippen LogP contribution < -0.4 is 5.32 Å². The Morgan fingerprint density at radius 3 is 2.34 bits per heavy atom. The quantitative estimate of drug-likeness (QED) is 0.434. The lowest BCUT2D eigenvalue weighted by molar-refractivity contribution is -0.148. The monoisotopic (exact) mass is 493 g/mol. The maximum absolute atomic E-state index is 13.9. The summed E-state index contributed by atoms with van der Waals surface area (Å²) in [6.07, 6.45) is 5.85. The number of carbonyl (C=O) groups is 2. The van der Waals surface area contributed by atoms with Gasteiger partial charge in [0.25, 0.3) is 0 Å². The highest BCUT2D eigenvalue weighted by molar-refractivity contribution is 7.89. The van der Waals surface area contributed by atoms with Gasteiger partial charge in [0.15, 0.2) is 0 Å². The molecule has 2 aromatic carbocycles. The minimum absolute atomic E-state index is 0.172. The van der Waals surface area contributed by atoms with Crippen molar-refractivity contribution in [2.75, 3.05) is 5.32 Å². The number of nitrogens with one attached hydrogen (secondary N) is 1. The van der Waals surface area contributed by atoms with Gasteiger partial charge in [-0.1, -0.05) is 75.1 Å². The summed E-state index contributed by atoms with van der Waals surface area (Å²) in [6, 6.07) is 17.0. The van der Waals surface area contributed by atoms with E-state index in [1.807, 2.05) is 67.6 Å². The van der Waals surface area contributed by atoms with Crippen LogP contribution >= 0.6 is 0 Å². The van der Waals surface area contributed by atoms with E-state index in [0.29, 0.717) is 12.1 Å². The molecule has 35 heavy (non-hydrogen) atoms. The third-order valence-corrected chi connectivity index (χ3v) is 8.68. The van der Waals surface area contributed by atoms with Crippen LogP contribution in [0.3, 0.4) is 0 Å². The van der Waals surface area contributed by atoms with Crippen molar-refractivity contribution < 1.29 is 18.5 Å². The standard InChI is InChI=1S/C29H35NO4S/c1-4-6-13-23-26-24(35(33)22-16-14-19(3)15-17-22)18-20(10-5-2)25(27(26)29(32)34-23)28(31)30-21-11-8-7-9-12-21/h7-9,11-12,14-18,20,23,25-27H,4-6,10,13H2,1-3H3,(H,30,31)/t20-,23+,25-,26+,27-,35?/m1/s1. The Hall–Kier alpha value is -2.73. The van der Waals surface area contributed by atoms with Crippen LogP contribution in [-0.2, 0) is 25.1 Å². The highest BCUT2D eigenvalue weighted by atomic mass is 32.2. The summed E-state index contributed by atoms with van der Waals surface area (Å²) in [5.74, 6) is -2.25. The second-order valence-electron chi connectivity index (χ2n) is 9.65. The van der Waals surface area contributed by atoms with Crippen LogP contribution in [0.1, 0.15) is 51.5 Å². The average molecular weight is 494 g/mol. The molecular formula is C29H35NO4S. The van der Waals surface area contributed by atoms with Crippen molar-refractivity contribution in [2.45, 2.75) is 63.9 Å². The minimum Gasteiger partial charge on any atom is -0.461 e. The third-order valence-electron chi connectivity index (χ3n) is 7.14. The van der Waals surface area contributed by atoms with Crippen LogP contribution in [0.5, 0.6) is 0 Å². The molecule has 2 aromatic rings. The maximum atomic E-state index is 13.9. The smallest absolute Gasteiger partial charge is 0.310 e. The summed E-state index contributed by atoms with van der Waals surface area (Å²) in [7, 11) is -1.42. The number of rotatable bonds is 9. The first-order valence-electron chi connectivity index (χ1n) is 12.7. The van der Waals surface area contributed by atoms with Crippen LogP contribution in [0.2, 0.25) is 0 Å². The van der Waals surface area contributed by atoms with Crippen molar-refractivity contribution in [3.8, 4) is 0 Å². The molecule has 0 radical (unpaired) electrons. The van der Waals surface area contributed by atoms with Gasteiger partial charge in [0.05, 0.1) is 22.6 Å². The molecule has 186 valence electrons. The first kappa shape index (κ1) is 25.4. The Bertz CT molecular complexity index is 1100. The van der Waals surface area contributed by atoms with Gasteiger partial charge in [-0.05, 0) is 49.9 Å². The predicted octanol–water partition coefficient (Wildman–Crippen LogP) is 6.02. The summed E-state index contributed by atoms with van der Waals surface area (Å²) in [4.78, 5) is 28.4. The van der Waals surface area contributed by atoms with Crippen molar-refractivity contribution in [2.24, 2.45) is 23.7 Å². The van der Waals surface area contributed by atoms with Gasteiger partial charge in [-0.3, -0.25) is 9.59 Å². The molecule has 0 aromatic heterocycles. The molecule has 5 nitrogen and oxygen atoms in total. The lowest BCUT2D eigenvalue weighted by atomic mass is 9.68. The molecule has 0 saturated carbocycles. The van der Waals surface area contributed by atoms with Crippen molar-refractivity contribution in [1.82, 2.24) is 0 Å². The molecule has 0 bridgehead atoms. The van der Waals surface area contributed by atoms with E-state index >= 15 is 0 Å². The van der Waals surface area contributed by atoms with E-state index < -0.39 is 22.6 Å². The molecule has 2 aliphatic rings. The van der Waals surface area contributed by atoms with Crippen molar-refractivity contribution >= 4 is 28.4 Å². The fraction of sp³-hybridized carbons (Fsp3) is 0.448. The molecule has 1 heterocycles. The minimum atomic E-state index is -1.42. The van der Waals surface area contributed by atoms with Crippen LogP contribution in [0, 0.1) is 30.6 Å². The molecular weight excluding hydrogens is 458 g/mol. The highest BCUT2D eigenvalue weighted by Gasteiger charge is 2.56. The highest BCUT2D eigenvalue weighted by Crippen LogP contribution is 2.50. The first-order chi connectivity index (χ1) is 16.9. The number of aryl methyl sites for hydroxylation is 1. The Morgan fingerprint density at radius 1 is 0.971 bits per heavy atom. The summed E-state index contributed by atoms with van der Waals surface area (Å²) in [6.45, 7) is 6.17. The van der Waals surface area contributed by atoms with Gasteiger partial charge in [-0.2, -0.15) is 0 Å². The zero-order chi connectivity index (χ0) is 24.9. The number of fused-ring (bicyclic) bond motifs is 1. The number of anilines is 1. The Kier molecular flexibility index (Phi) is 8.22. The molecule has 1 N–H and O–H groups in total. The van der Waals surface area contributed by atoms with Gasteiger partial charge >= 0.3 is 5.97 Å². The molecule has 1 amide bonds. The summed E-state index contributed by atoms with van der Waals surface area (Å²) in [5.41, 5.74) is 1.80. The van der Waals surface area contributed by atoms with E-state index in [4.69, 9.17) is 4.74 Å². The van der Waals surface area contributed by atoms with Gasteiger partial charge < -0.3 is 10.1 Å². The number of para-hydroxylation sites is 1. The second kappa shape index (κ2) is 11.3. The van der Waals surface area contributed by atoms with E-state index in [9.17, 15) is 13.8 Å². The van der Waals surface area contributed by atoms with Gasteiger partial charge in [0, 0.05) is 21.4 Å². The molecule has 1 saturated heterocycles. The Balaban J connectivity index is 1.76. The van der Waals surface area contributed by atoms with E-state index in [1.165, 1.54) is 0 Å². The van der Waals surface area contributed by atoms with Gasteiger partial charge in [-0.25, -0.2) is 4.21 Å². The SMILES string of the molecule is CCCC[C@@H]1OC(=O)[C@H]2[C@@H]1C(S(=O)c1ccc(C)cc1)=C[C@@H](CCC)[C@H]2C(=O)Nc1ccccc1. The van der Waals surface area contributed by atoms with Crippen molar-refractivity contribution in [1.29, 1.82) is 0 Å². The lowest BCUT2D eigenvalue weighted by Crippen LogP contribution is -2.44. The normalized spacial score (nSPS) is 26.4. The van der Waals surface area contributed by atoms with Crippen LogP contribution in [0.4, 0.5) is 5.69 Å². The first-order valence-corrected chi connectivity index (χ1v) is 13.9. The number of hydrogen-bond acceptors (Lipinski definition) is 4. The van der Waals surface area contributed by atoms with Crippen molar-refractivity contribution in [3.05, 3.63) is 71.1 Å². The van der Waals surface area contributed by atoms with Crippen LogP contribution in [-0.4, -0.2) is 22.2 Å². The molecule has 6 atom stereocenters. The Morgan fingerprint density at radius 2 is 1.69 bits per heavy atom. The summed E-state index contributed by atoms with van der Waals surface area (Å²) < 4.78 is 19.8. The molecule has 1 aliphatic carbocycles. The number of hydrogen-bond donors (Lipinski definition) is 1. The summed E-state index contributed by atoms with van der Waals surface area (Å²) in [5, 5.41) is 3.02. The molecule has 0 spiro atoms. The molecule has 1 fully saturated rings. The van der Waals surface area contributed by atoms with E-state index in [0.717, 1.165) is 41.0 Å². The zero-order valence-electron chi connectivity index (χ0n) is 20.7. The number of ether oxygens (including phenoxy) is 1. The molecule has 1 unspecified atom stereocenters. The lowest BCUT2D eigenvalue weighted by Gasteiger charge is -2.37. The topological polar surface area (TPSA) is 72.5 Å². The predicted molar refractivity (Wildman–Crippen MR) is 139 cm³/mol. The molecule has 4 rings (SSSR count). The van der Waals surface area contributed by atoms with E-state index in [2.05, 4.69) is 19.2 Å². The van der Waals surface area contributed by atoms with E-state index in [-0.39, 0.29) is 29.8 Å². The van der Waals surface area contributed by atoms with Gasteiger partial charge in [0.1, 0.15) is 6.10 Å². The second-order valence-corrected chi connectivity index (χ2v) is 11.1. The molecule has 6 heteroatoms. The number of esters is 1. The fourth-order valence-electron chi connectivity index (χ4n) is 5.43. The fourth-order valence-corrected chi connectivity index (χ4v) is 6.93. The number of allylic oxidation sites excluding steroid dienone is 1. The zero-order valence-corrected chi connectivity index (χ0v) is 21.6. The van der Waals surface area contributed by atoms with Crippen LogP contribution in [0.25, 0.3) is 0 Å². The number of unbranched alkanes of at least 4 members (excludes halogenated alkanes) is 1. The van der Waals surface area contributed by atoms with E-state index in [1.54, 1.807) is 0 Å². The number of carbonyl (C=O) groups excluding carboxylic acids is 2. The summed E-state index contributed by atoms with van der Waals surface area (Å²) >= 11 is 0. The average Bonchev–Trinajstić information content (AvgIpc) is 3.19. The third kappa shape index (κ3) is 5.43. The number of amides is 1. The van der Waals surface area contributed by atoms with Gasteiger partial charge in [-0.15, -0.1) is 0 Å². The number of benzene rings is 2. The van der Waals surface area contributed by atoms with Crippen molar-refractivity contribution in [3.63, 3.8) is 0 Å². The number of cyclic esters (lactones) is 1.